The predicted molar refractivity (Wildman–Crippen MR) is 111 cm³/mol. The molecule has 1 unspecified atom stereocenters. The molecule has 6 nitrogen and oxygen atoms in total. The molecule has 0 aliphatic carbocycles. The summed E-state index contributed by atoms with van der Waals surface area (Å²) in [5, 5.41) is 3.11. The van der Waals surface area contributed by atoms with E-state index in [1.54, 1.807) is 21.1 Å². The van der Waals surface area contributed by atoms with Crippen molar-refractivity contribution in [2.75, 3.05) is 21.3 Å². The van der Waals surface area contributed by atoms with Crippen molar-refractivity contribution in [3.8, 4) is 17.2 Å². The molecule has 152 valence electrons. The maximum atomic E-state index is 11.6. The molecule has 0 aliphatic rings. The lowest BCUT2D eigenvalue weighted by atomic mass is 10.1. The molecule has 2 rings (SSSR count). The summed E-state index contributed by atoms with van der Waals surface area (Å²) < 4.78 is 22.8. The van der Waals surface area contributed by atoms with E-state index in [0.717, 1.165) is 21.2 Å². The third kappa shape index (κ3) is 5.39. The summed E-state index contributed by atoms with van der Waals surface area (Å²) in [4.78, 5) is 11.6. The number of hydrogen-bond acceptors (Lipinski definition) is 6. The van der Waals surface area contributed by atoms with Gasteiger partial charge in [-0.3, -0.25) is 4.79 Å². The third-order valence-electron chi connectivity index (χ3n) is 4.50. The molecular weight excluding hydrogens is 426 g/mol. The highest BCUT2D eigenvalue weighted by Gasteiger charge is 2.17. The van der Waals surface area contributed by atoms with Crippen LogP contribution in [0.15, 0.2) is 34.8 Å². The van der Waals surface area contributed by atoms with Crippen LogP contribution in [0.3, 0.4) is 0 Å². The van der Waals surface area contributed by atoms with Gasteiger partial charge in [0.1, 0.15) is 29.9 Å². The van der Waals surface area contributed by atoms with E-state index in [4.69, 9.17) is 18.9 Å². The molecule has 0 heterocycles. The lowest BCUT2D eigenvalue weighted by Crippen LogP contribution is -2.34. The van der Waals surface area contributed by atoms with Crippen LogP contribution in [0.4, 0.5) is 0 Å². The molecule has 0 aliphatic heterocycles. The maximum Gasteiger partial charge on any atom is 0.322 e. The van der Waals surface area contributed by atoms with Gasteiger partial charge in [0, 0.05) is 23.2 Å². The van der Waals surface area contributed by atoms with Crippen molar-refractivity contribution < 1.29 is 23.7 Å². The van der Waals surface area contributed by atoms with Crippen molar-refractivity contribution in [3.63, 3.8) is 0 Å². The number of nitrogens with one attached hydrogen (secondary N) is 1. The molecule has 0 spiro atoms. The summed E-state index contributed by atoms with van der Waals surface area (Å²) in [6, 6.07) is 9.19. The highest BCUT2D eigenvalue weighted by atomic mass is 79.9. The van der Waals surface area contributed by atoms with Crippen LogP contribution in [0.2, 0.25) is 0 Å². The lowest BCUT2D eigenvalue weighted by Gasteiger charge is -2.18. The number of carbonyl (C=O) groups excluding carboxylic acids is 1. The predicted octanol–water partition coefficient (Wildman–Crippen LogP) is 4.00. The number of carbonyl (C=O) groups is 1. The molecule has 1 N–H and O–H groups in total. The molecule has 2 aromatic rings. The molecule has 28 heavy (non-hydrogen) atoms. The van der Waals surface area contributed by atoms with Gasteiger partial charge in [0.2, 0.25) is 0 Å². The summed E-state index contributed by atoms with van der Waals surface area (Å²) in [5.41, 5.74) is 3.02. The number of halogens is 1. The van der Waals surface area contributed by atoms with E-state index in [9.17, 15) is 4.79 Å². The highest BCUT2D eigenvalue weighted by Crippen LogP contribution is 2.34. The third-order valence-corrected chi connectivity index (χ3v) is 5.35. The smallest absolute Gasteiger partial charge is 0.322 e. The second-order valence-corrected chi connectivity index (χ2v) is 7.10. The Labute approximate surface area is 174 Å². The highest BCUT2D eigenvalue weighted by molar-refractivity contribution is 9.10. The van der Waals surface area contributed by atoms with Gasteiger partial charge in [-0.25, -0.2) is 0 Å². The first-order valence-corrected chi connectivity index (χ1v) is 9.63. The van der Waals surface area contributed by atoms with Crippen LogP contribution in [0.25, 0.3) is 0 Å². The first-order valence-electron chi connectivity index (χ1n) is 8.84. The van der Waals surface area contributed by atoms with Crippen LogP contribution >= 0.6 is 15.9 Å². The number of ether oxygens (including phenoxy) is 4. The fraction of sp³-hybridized carbons (Fsp3) is 0.381. The Bertz CT molecular complexity index is 799. The standard InChI is InChI=1S/C21H26BrNO5/c1-13-15(7-6-8-18(13)22)12-28-16-9-19(25-3)17(20(10-16)26-4)11-23-14(2)21(24)27-5/h6-10,14,23H,11-12H2,1-5H3. The molecule has 0 fully saturated rings. The van der Waals surface area contributed by atoms with Crippen molar-refractivity contribution in [1.82, 2.24) is 5.32 Å². The van der Waals surface area contributed by atoms with E-state index < -0.39 is 6.04 Å². The fourth-order valence-electron chi connectivity index (χ4n) is 2.70. The molecular formula is C21H26BrNO5. The quantitative estimate of drug-likeness (QED) is 0.581. The van der Waals surface area contributed by atoms with Crippen molar-refractivity contribution in [2.45, 2.75) is 33.0 Å². The minimum Gasteiger partial charge on any atom is -0.496 e. The van der Waals surface area contributed by atoms with Gasteiger partial charge in [-0.15, -0.1) is 0 Å². The first kappa shape index (κ1) is 22.0. The zero-order chi connectivity index (χ0) is 20.7. The van der Waals surface area contributed by atoms with Crippen molar-refractivity contribution in [3.05, 3.63) is 51.5 Å². The average molecular weight is 452 g/mol. The second kappa shape index (κ2) is 10.3. The zero-order valence-electron chi connectivity index (χ0n) is 16.8. The Kier molecular flexibility index (Phi) is 8.14. The van der Waals surface area contributed by atoms with Crippen LogP contribution in [-0.2, 0) is 22.7 Å². The van der Waals surface area contributed by atoms with Crippen LogP contribution in [0.1, 0.15) is 23.6 Å². The van der Waals surface area contributed by atoms with Gasteiger partial charge >= 0.3 is 5.97 Å². The Morgan fingerprint density at radius 2 is 1.79 bits per heavy atom. The van der Waals surface area contributed by atoms with Gasteiger partial charge in [-0.1, -0.05) is 28.1 Å². The van der Waals surface area contributed by atoms with Gasteiger partial charge in [0.15, 0.2) is 0 Å². The topological polar surface area (TPSA) is 66.0 Å². The first-order chi connectivity index (χ1) is 13.4. The zero-order valence-corrected chi connectivity index (χ0v) is 18.4. The Morgan fingerprint density at radius 1 is 1.14 bits per heavy atom. The molecule has 0 radical (unpaired) electrons. The van der Waals surface area contributed by atoms with Gasteiger partial charge in [0.25, 0.3) is 0 Å². The Balaban J connectivity index is 2.19. The van der Waals surface area contributed by atoms with E-state index in [0.29, 0.717) is 30.4 Å². The SMILES string of the molecule is COC(=O)C(C)NCc1c(OC)cc(OCc2cccc(Br)c2C)cc1OC. The van der Waals surface area contributed by atoms with Gasteiger partial charge < -0.3 is 24.3 Å². The van der Waals surface area contributed by atoms with E-state index in [2.05, 4.69) is 21.2 Å². The molecule has 0 amide bonds. The monoisotopic (exact) mass is 451 g/mol. The Hall–Kier alpha value is -2.25. The molecule has 0 aromatic heterocycles. The largest absolute Gasteiger partial charge is 0.496 e. The van der Waals surface area contributed by atoms with Gasteiger partial charge in [-0.2, -0.15) is 0 Å². The van der Waals surface area contributed by atoms with Gasteiger partial charge in [0.05, 0.1) is 26.9 Å². The summed E-state index contributed by atoms with van der Waals surface area (Å²) in [6.45, 7) is 4.59. The van der Waals surface area contributed by atoms with Gasteiger partial charge in [-0.05, 0) is 31.0 Å². The van der Waals surface area contributed by atoms with Crippen LogP contribution < -0.4 is 19.5 Å². The van der Waals surface area contributed by atoms with E-state index >= 15 is 0 Å². The van der Waals surface area contributed by atoms with Crippen molar-refractivity contribution in [2.24, 2.45) is 0 Å². The van der Waals surface area contributed by atoms with Crippen molar-refractivity contribution in [1.29, 1.82) is 0 Å². The molecule has 2 aromatic carbocycles. The Morgan fingerprint density at radius 3 is 2.36 bits per heavy atom. The maximum absolute atomic E-state index is 11.6. The summed E-state index contributed by atoms with van der Waals surface area (Å²) in [7, 11) is 4.54. The second-order valence-electron chi connectivity index (χ2n) is 6.24. The summed E-state index contributed by atoms with van der Waals surface area (Å²) >= 11 is 3.54. The number of esters is 1. The number of methoxy groups -OCH3 is 3. The lowest BCUT2D eigenvalue weighted by molar-refractivity contribution is -0.142. The van der Waals surface area contributed by atoms with Crippen LogP contribution in [0, 0.1) is 6.92 Å². The molecule has 0 bridgehead atoms. The number of rotatable bonds is 9. The van der Waals surface area contributed by atoms with Crippen LogP contribution in [0.5, 0.6) is 17.2 Å². The van der Waals surface area contributed by atoms with E-state index in [1.807, 2.05) is 37.3 Å². The number of benzene rings is 2. The summed E-state index contributed by atoms with van der Waals surface area (Å²) in [6.07, 6.45) is 0. The molecule has 7 heteroatoms. The number of hydrogen-bond donors (Lipinski definition) is 1. The summed E-state index contributed by atoms with van der Waals surface area (Å²) in [5.74, 6) is 1.54. The minimum atomic E-state index is -0.449. The van der Waals surface area contributed by atoms with Crippen molar-refractivity contribution >= 4 is 21.9 Å². The molecule has 1 atom stereocenters. The normalized spacial score (nSPS) is 11.6. The average Bonchev–Trinajstić information content (AvgIpc) is 2.71. The molecule has 0 saturated heterocycles. The van der Waals surface area contributed by atoms with E-state index in [1.165, 1.54) is 7.11 Å². The van der Waals surface area contributed by atoms with E-state index in [-0.39, 0.29) is 5.97 Å². The molecule has 0 saturated carbocycles. The fourth-order valence-corrected chi connectivity index (χ4v) is 3.11. The minimum absolute atomic E-state index is 0.331. The van der Waals surface area contributed by atoms with Crippen LogP contribution in [-0.4, -0.2) is 33.3 Å².